The number of hydrogen-bond acceptors (Lipinski definition) is 3. The minimum atomic E-state index is -1.38. The first-order valence-corrected chi connectivity index (χ1v) is 6.40. The number of aryl methyl sites for hydroxylation is 1. The molecule has 0 saturated carbocycles. The topological polar surface area (TPSA) is 78.9 Å². The molecule has 2 amide bonds. The van der Waals surface area contributed by atoms with Crippen molar-refractivity contribution >= 4 is 28.7 Å². The molecular weight excluding hydrogens is 284 g/mol. The predicted octanol–water partition coefficient (Wildman–Crippen LogP) is 3.06. The lowest BCUT2D eigenvalue weighted by atomic mass is 9.97. The van der Waals surface area contributed by atoms with Gasteiger partial charge in [0, 0.05) is 12.0 Å². The maximum absolute atomic E-state index is 11.4. The predicted molar refractivity (Wildman–Crippen MR) is 74.5 cm³/mol. The highest BCUT2D eigenvalue weighted by Gasteiger charge is 2.35. The monoisotopic (exact) mass is 298 g/mol. The van der Waals surface area contributed by atoms with Crippen LogP contribution in [-0.2, 0) is 6.42 Å². The number of fused-ring (bicyclic) bond motifs is 1. The van der Waals surface area contributed by atoms with Gasteiger partial charge in [-0.1, -0.05) is 6.07 Å². The van der Waals surface area contributed by atoms with E-state index in [1.54, 1.807) is 12.1 Å². The minimum Gasteiger partial charge on any atom is -0.485 e. The minimum absolute atomic E-state index is 0.290. The Bertz CT molecular complexity index is 586. The average Bonchev–Trinajstić information content (AvgIpc) is 2.63. The van der Waals surface area contributed by atoms with Crippen LogP contribution in [0.4, 0.5) is 15.3 Å². The molecule has 0 spiro atoms. The molecule has 7 heteroatoms. The summed E-state index contributed by atoms with van der Waals surface area (Å²) in [7, 11) is 0. The summed E-state index contributed by atoms with van der Waals surface area (Å²) in [5.74, 6) is 0.484. The first-order valence-electron chi connectivity index (χ1n) is 6.02. The van der Waals surface area contributed by atoms with Crippen molar-refractivity contribution < 1.29 is 19.4 Å². The zero-order chi connectivity index (χ0) is 15.1. The van der Waals surface area contributed by atoms with Crippen molar-refractivity contribution in [2.75, 3.05) is 5.01 Å². The van der Waals surface area contributed by atoms with Crippen molar-refractivity contribution in [3.8, 4) is 5.75 Å². The highest BCUT2D eigenvalue weighted by atomic mass is 35.5. The molecule has 1 aliphatic rings. The van der Waals surface area contributed by atoms with Crippen LogP contribution in [0.1, 0.15) is 25.0 Å². The summed E-state index contributed by atoms with van der Waals surface area (Å²) in [6.07, 6.45) is -0.704. The molecule has 0 unspecified atom stereocenters. The fourth-order valence-corrected chi connectivity index (χ4v) is 2.39. The number of carboxylic acid groups (broad SMARTS) is 1. The molecule has 0 fully saturated rings. The fraction of sp³-hybridized carbons (Fsp3) is 0.385. The maximum atomic E-state index is 11.4. The normalized spacial score (nSPS) is 15.2. The standard InChI is InChI=1S/C13H15ClN2O4/c1-7-4-5-9(16(11(14)17)15-12(18)19)10-8(7)6-13(2,3)20-10/h4-5,15H,6H2,1-3H3,(H,18,19). The van der Waals surface area contributed by atoms with Crippen molar-refractivity contribution in [2.24, 2.45) is 0 Å². The van der Waals surface area contributed by atoms with Crippen LogP contribution in [-0.4, -0.2) is 22.2 Å². The Morgan fingerprint density at radius 3 is 2.65 bits per heavy atom. The molecule has 0 saturated heterocycles. The third-order valence-electron chi connectivity index (χ3n) is 3.08. The van der Waals surface area contributed by atoms with Crippen molar-refractivity contribution in [1.29, 1.82) is 0 Å². The fourth-order valence-electron chi connectivity index (χ4n) is 2.26. The van der Waals surface area contributed by atoms with E-state index in [0.29, 0.717) is 17.9 Å². The summed E-state index contributed by atoms with van der Waals surface area (Å²) < 4.78 is 5.83. The summed E-state index contributed by atoms with van der Waals surface area (Å²) in [6.45, 7) is 5.78. The molecule has 0 radical (unpaired) electrons. The summed E-state index contributed by atoms with van der Waals surface area (Å²) in [5, 5.41) is 8.60. The van der Waals surface area contributed by atoms with Gasteiger partial charge in [0.15, 0.2) is 0 Å². The third kappa shape index (κ3) is 2.65. The molecule has 1 aromatic carbocycles. The number of hydrazine groups is 1. The lowest BCUT2D eigenvalue weighted by Gasteiger charge is -2.23. The quantitative estimate of drug-likeness (QED) is 0.474. The van der Waals surface area contributed by atoms with Crippen molar-refractivity contribution in [2.45, 2.75) is 32.8 Å². The van der Waals surface area contributed by atoms with Gasteiger partial charge in [-0.25, -0.2) is 15.2 Å². The Morgan fingerprint density at radius 1 is 1.45 bits per heavy atom. The number of carbonyl (C=O) groups is 2. The second-order valence-corrected chi connectivity index (χ2v) is 5.58. The highest BCUT2D eigenvalue weighted by Crippen LogP contribution is 2.43. The molecule has 0 bridgehead atoms. The van der Waals surface area contributed by atoms with Gasteiger partial charge in [0.1, 0.15) is 17.0 Å². The zero-order valence-electron chi connectivity index (χ0n) is 11.4. The molecule has 0 aromatic heterocycles. The Hall–Kier alpha value is -1.95. The number of anilines is 1. The summed E-state index contributed by atoms with van der Waals surface area (Å²) in [4.78, 5) is 22.2. The van der Waals surface area contributed by atoms with Crippen LogP contribution in [0, 0.1) is 6.92 Å². The van der Waals surface area contributed by atoms with Crippen LogP contribution in [0.15, 0.2) is 12.1 Å². The van der Waals surface area contributed by atoms with E-state index in [-0.39, 0.29) is 0 Å². The molecule has 108 valence electrons. The first kappa shape index (κ1) is 14.5. The third-order valence-corrected chi connectivity index (χ3v) is 3.25. The second-order valence-electron chi connectivity index (χ2n) is 5.25. The number of halogens is 1. The Labute approximate surface area is 121 Å². The van der Waals surface area contributed by atoms with Gasteiger partial charge in [-0.05, 0) is 44.0 Å². The molecule has 1 aliphatic heterocycles. The van der Waals surface area contributed by atoms with E-state index >= 15 is 0 Å². The van der Waals surface area contributed by atoms with Crippen LogP contribution in [0.2, 0.25) is 0 Å². The molecule has 2 rings (SSSR count). The molecular formula is C13H15ClN2O4. The molecule has 6 nitrogen and oxygen atoms in total. The summed E-state index contributed by atoms with van der Waals surface area (Å²) >= 11 is 5.44. The van der Waals surface area contributed by atoms with Gasteiger partial charge in [-0.2, -0.15) is 0 Å². The van der Waals surface area contributed by atoms with E-state index in [1.807, 2.05) is 26.2 Å². The molecule has 0 aliphatic carbocycles. The van der Waals surface area contributed by atoms with Gasteiger partial charge in [0.25, 0.3) is 0 Å². The number of carbonyl (C=O) groups excluding carboxylic acids is 1. The van der Waals surface area contributed by atoms with Crippen molar-refractivity contribution in [1.82, 2.24) is 5.43 Å². The number of rotatable bonds is 1. The lowest BCUT2D eigenvalue weighted by Crippen LogP contribution is -2.43. The van der Waals surface area contributed by atoms with E-state index < -0.39 is 17.1 Å². The summed E-state index contributed by atoms with van der Waals surface area (Å²) in [5.41, 5.74) is 3.81. The Balaban J connectivity index is 2.51. The van der Waals surface area contributed by atoms with Gasteiger partial charge in [-0.15, -0.1) is 0 Å². The van der Waals surface area contributed by atoms with Crippen LogP contribution < -0.4 is 15.2 Å². The lowest BCUT2D eigenvalue weighted by molar-refractivity contribution is 0.138. The van der Waals surface area contributed by atoms with Gasteiger partial charge in [0.2, 0.25) is 0 Å². The maximum Gasteiger partial charge on any atom is 0.424 e. The van der Waals surface area contributed by atoms with Crippen LogP contribution in [0.3, 0.4) is 0 Å². The number of hydrogen-bond donors (Lipinski definition) is 2. The Kier molecular flexibility index (Phi) is 3.52. The molecule has 2 N–H and O–H groups in total. The smallest absolute Gasteiger partial charge is 0.424 e. The highest BCUT2D eigenvalue weighted by molar-refractivity contribution is 6.66. The van der Waals surface area contributed by atoms with Gasteiger partial charge in [-0.3, -0.25) is 4.79 Å². The van der Waals surface area contributed by atoms with Gasteiger partial charge >= 0.3 is 11.5 Å². The number of ether oxygens (including phenoxy) is 1. The van der Waals surface area contributed by atoms with E-state index in [9.17, 15) is 9.59 Å². The number of amides is 2. The van der Waals surface area contributed by atoms with Crippen molar-refractivity contribution in [3.05, 3.63) is 23.3 Å². The van der Waals surface area contributed by atoms with Crippen LogP contribution >= 0.6 is 11.6 Å². The Morgan fingerprint density at radius 2 is 2.10 bits per heavy atom. The molecule has 1 heterocycles. The molecule has 20 heavy (non-hydrogen) atoms. The van der Waals surface area contributed by atoms with Gasteiger partial charge in [0.05, 0.1) is 0 Å². The van der Waals surface area contributed by atoms with Gasteiger partial charge < -0.3 is 9.84 Å². The summed E-state index contributed by atoms with van der Waals surface area (Å²) in [6, 6.07) is 3.40. The SMILES string of the molecule is Cc1ccc(N(NC(=O)O)C(=O)Cl)c2c1CC(C)(C)O2. The van der Waals surface area contributed by atoms with Crippen LogP contribution in [0.5, 0.6) is 5.75 Å². The van der Waals surface area contributed by atoms with E-state index in [1.165, 1.54) is 0 Å². The first-order chi connectivity index (χ1) is 9.21. The van der Waals surface area contributed by atoms with E-state index in [0.717, 1.165) is 16.1 Å². The van der Waals surface area contributed by atoms with E-state index in [2.05, 4.69) is 0 Å². The number of nitrogens with zero attached hydrogens (tertiary/aromatic N) is 1. The second kappa shape index (κ2) is 4.86. The number of benzene rings is 1. The van der Waals surface area contributed by atoms with Crippen molar-refractivity contribution in [3.63, 3.8) is 0 Å². The van der Waals surface area contributed by atoms with E-state index in [4.69, 9.17) is 21.4 Å². The molecule has 1 aromatic rings. The number of nitrogens with one attached hydrogen (secondary N) is 1. The largest absolute Gasteiger partial charge is 0.485 e. The van der Waals surface area contributed by atoms with Crippen LogP contribution in [0.25, 0.3) is 0 Å². The zero-order valence-corrected chi connectivity index (χ0v) is 12.1. The average molecular weight is 299 g/mol. The molecule has 0 atom stereocenters.